The molecule has 0 atom stereocenters. The predicted octanol–water partition coefficient (Wildman–Crippen LogP) is 4.52. The van der Waals surface area contributed by atoms with Gasteiger partial charge in [-0.1, -0.05) is 17.3 Å². The highest BCUT2D eigenvalue weighted by atomic mass is 19.4. The number of alkyl halides is 3. The van der Waals surface area contributed by atoms with E-state index in [1.165, 1.54) is 12.1 Å². The van der Waals surface area contributed by atoms with Crippen LogP contribution in [0, 0.1) is 5.82 Å². The van der Waals surface area contributed by atoms with E-state index in [1.807, 2.05) is 34.6 Å². The molecule has 1 saturated carbocycles. The maximum Gasteiger partial charge on any atom is 0.494 e. The highest BCUT2D eigenvalue weighted by Gasteiger charge is 2.66. The average molecular weight is 470 g/mol. The van der Waals surface area contributed by atoms with Gasteiger partial charge in [-0.3, -0.25) is 4.79 Å². The van der Waals surface area contributed by atoms with Gasteiger partial charge < -0.3 is 19.1 Å². The lowest BCUT2D eigenvalue weighted by atomic mass is 9.77. The van der Waals surface area contributed by atoms with Crippen LogP contribution in [0.2, 0.25) is 0 Å². The molecule has 1 amide bonds. The van der Waals surface area contributed by atoms with Gasteiger partial charge in [-0.05, 0) is 64.6 Å². The van der Waals surface area contributed by atoms with E-state index in [0.717, 1.165) is 6.07 Å². The van der Waals surface area contributed by atoms with Crippen LogP contribution in [-0.2, 0) is 25.9 Å². The minimum atomic E-state index is -4.45. The second kappa shape index (κ2) is 9.10. The molecule has 3 rings (SSSR count). The summed E-state index contributed by atoms with van der Waals surface area (Å²) in [6.07, 6.45) is -5.12. The van der Waals surface area contributed by atoms with Crippen molar-refractivity contribution in [1.82, 2.24) is 5.16 Å². The molecular formula is C22H27BF4N2O4. The quantitative estimate of drug-likeness (QED) is 0.454. The van der Waals surface area contributed by atoms with Crippen molar-refractivity contribution in [3.8, 4) is 0 Å². The summed E-state index contributed by atoms with van der Waals surface area (Å²) in [6.45, 7) is 9.24. The minimum Gasteiger partial charge on any atom is -0.405 e. The highest BCUT2D eigenvalue weighted by molar-refractivity contribution is 6.61. The van der Waals surface area contributed by atoms with Crippen molar-refractivity contribution in [2.24, 2.45) is 0 Å². The summed E-state index contributed by atoms with van der Waals surface area (Å²) in [5.41, 5.74) is -2.00. The van der Waals surface area contributed by atoms with Crippen LogP contribution >= 0.6 is 0 Å². The smallest absolute Gasteiger partial charge is 0.405 e. The number of halogens is 4. The number of benzene rings is 1. The Bertz CT molecular complexity index is 997. The first-order chi connectivity index (χ1) is 15.2. The monoisotopic (exact) mass is 470 g/mol. The van der Waals surface area contributed by atoms with Crippen molar-refractivity contribution in [1.29, 1.82) is 0 Å². The lowest BCUT2D eigenvalue weighted by Crippen LogP contribution is -2.44. The van der Waals surface area contributed by atoms with Crippen molar-refractivity contribution in [2.45, 2.75) is 77.2 Å². The van der Waals surface area contributed by atoms with Gasteiger partial charge in [0.2, 0.25) is 5.91 Å². The number of nitrogens with one attached hydrogen (secondary N) is 1. The third kappa shape index (κ3) is 6.14. The van der Waals surface area contributed by atoms with Crippen molar-refractivity contribution in [2.75, 3.05) is 5.32 Å². The van der Waals surface area contributed by atoms with Crippen LogP contribution in [0.5, 0.6) is 0 Å². The fourth-order valence-electron chi connectivity index (χ4n) is 3.31. The topological polar surface area (TPSA) is 73.6 Å². The van der Waals surface area contributed by atoms with E-state index in [-0.39, 0.29) is 42.5 Å². The minimum absolute atomic E-state index is 0.0862. The molecule has 1 aliphatic rings. The molecule has 1 N–H and O–H groups in total. The standard InChI is InChI=1S/C22H27BF4N2O4/c1-13(2)31-23(33-20(3,4)5)15-7-6-14(16(24)11-15)10-19(30)28-18-12-17(32-29-18)21(8-9-21)22(25,26)27/h6-7,11-13H,8-10H2,1-5H3,(H,28,29,30). The van der Waals surface area contributed by atoms with Gasteiger partial charge in [0, 0.05) is 17.8 Å². The Balaban J connectivity index is 1.67. The first-order valence-corrected chi connectivity index (χ1v) is 10.7. The van der Waals surface area contributed by atoms with Crippen LogP contribution < -0.4 is 10.8 Å². The van der Waals surface area contributed by atoms with Gasteiger partial charge in [0.1, 0.15) is 11.2 Å². The molecule has 1 heterocycles. The number of carbonyl (C=O) groups excluding carboxylic acids is 1. The van der Waals surface area contributed by atoms with Gasteiger partial charge in [0.05, 0.1) is 6.42 Å². The van der Waals surface area contributed by atoms with E-state index in [2.05, 4.69) is 10.5 Å². The Morgan fingerprint density at radius 3 is 2.42 bits per heavy atom. The molecular weight excluding hydrogens is 443 g/mol. The van der Waals surface area contributed by atoms with Gasteiger partial charge in [-0.2, -0.15) is 13.2 Å². The predicted molar refractivity (Wildman–Crippen MR) is 115 cm³/mol. The highest BCUT2D eigenvalue weighted by Crippen LogP contribution is 2.59. The molecule has 0 aliphatic heterocycles. The summed E-state index contributed by atoms with van der Waals surface area (Å²) in [4.78, 5) is 12.3. The molecule has 1 aromatic carbocycles. The summed E-state index contributed by atoms with van der Waals surface area (Å²) >= 11 is 0. The summed E-state index contributed by atoms with van der Waals surface area (Å²) in [5.74, 6) is -1.76. The zero-order valence-corrected chi connectivity index (χ0v) is 19.2. The summed E-state index contributed by atoms with van der Waals surface area (Å²) in [7, 11) is -0.792. The Kier molecular flexibility index (Phi) is 6.96. The van der Waals surface area contributed by atoms with E-state index in [0.29, 0.717) is 5.46 Å². The average Bonchev–Trinajstić information content (AvgIpc) is 3.36. The molecule has 180 valence electrons. The molecule has 0 unspecified atom stereocenters. The lowest BCUT2D eigenvalue weighted by Gasteiger charge is -2.26. The second-order valence-corrected chi connectivity index (χ2v) is 9.48. The van der Waals surface area contributed by atoms with E-state index in [9.17, 15) is 22.4 Å². The van der Waals surface area contributed by atoms with Crippen molar-refractivity contribution < 1.29 is 36.2 Å². The molecule has 11 heteroatoms. The summed E-state index contributed by atoms with van der Waals surface area (Å²) < 4.78 is 70.8. The molecule has 6 nitrogen and oxygen atoms in total. The molecule has 1 fully saturated rings. The van der Waals surface area contributed by atoms with Gasteiger partial charge in [-0.15, -0.1) is 0 Å². The number of rotatable bonds is 8. The molecule has 0 saturated heterocycles. The molecule has 0 bridgehead atoms. The van der Waals surface area contributed by atoms with Crippen LogP contribution in [0.15, 0.2) is 28.8 Å². The van der Waals surface area contributed by atoms with Crippen molar-refractivity contribution in [3.05, 3.63) is 41.4 Å². The molecule has 1 aliphatic carbocycles. The van der Waals surface area contributed by atoms with Gasteiger partial charge in [0.15, 0.2) is 11.6 Å². The van der Waals surface area contributed by atoms with Gasteiger partial charge in [-0.25, -0.2) is 4.39 Å². The van der Waals surface area contributed by atoms with Crippen LogP contribution in [0.4, 0.5) is 23.4 Å². The van der Waals surface area contributed by atoms with Gasteiger partial charge >= 0.3 is 13.3 Å². The SMILES string of the molecule is CC(C)OB(OC(C)(C)C)c1ccc(CC(=O)Nc2cc(C3(C(F)(F)F)CC3)on2)c(F)c1. The number of nitrogens with zero attached hydrogens (tertiary/aromatic N) is 1. The maximum absolute atomic E-state index is 14.7. The van der Waals surface area contributed by atoms with Crippen LogP contribution in [0.3, 0.4) is 0 Å². The zero-order chi connectivity index (χ0) is 24.6. The number of hydrogen-bond acceptors (Lipinski definition) is 5. The van der Waals surface area contributed by atoms with E-state index in [1.54, 1.807) is 6.07 Å². The molecule has 0 spiro atoms. The van der Waals surface area contributed by atoms with Crippen molar-refractivity contribution >= 4 is 24.3 Å². The fourth-order valence-corrected chi connectivity index (χ4v) is 3.31. The lowest BCUT2D eigenvalue weighted by molar-refractivity contribution is -0.165. The van der Waals surface area contributed by atoms with Crippen LogP contribution in [0.1, 0.15) is 58.8 Å². The fraction of sp³-hybridized carbons (Fsp3) is 0.545. The molecule has 1 aromatic heterocycles. The van der Waals surface area contributed by atoms with E-state index in [4.69, 9.17) is 13.8 Å². The number of aromatic nitrogens is 1. The first-order valence-electron chi connectivity index (χ1n) is 10.7. The Labute approximate surface area is 190 Å². The maximum atomic E-state index is 14.7. The van der Waals surface area contributed by atoms with Gasteiger partial charge in [0.25, 0.3) is 0 Å². The third-order valence-corrected chi connectivity index (χ3v) is 5.10. The number of amides is 1. The van der Waals surface area contributed by atoms with Crippen LogP contribution in [0.25, 0.3) is 0 Å². The third-order valence-electron chi connectivity index (χ3n) is 5.10. The molecule has 2 aromatic rings. The normalized spacial score (nSPS) is 15.6. The largest absolute Gasteiger partial charge is 0.494 e. The molecule has 0 radical (unpaired) electrons. The zero-order valence-electron chi connectivity index (χ0n) is 19.2. The van der Waals surface area contributed by atoms with Crippen LogP contribution in [-0.4, -0.2) is 36.1 Å². The second-order valence-electron chi connectivity index (χ2n) is 9.48. The number of anilines is 1. The Morgan fingerprint density at radius 2 is 1.91 bits per heavy atom. The molecule has 33 heavy (non-hydrogen) atoms. The summed E-state index contributed by atoms with van der Waals surface area (Å²) in [6, 6.07) is 5.37. The van der Waals surface area contributed by atoms with E-state index < -0.39 is 36.0 Å². The Hall–Kier alpha value is -2.40. The number of carbonyl (C=O) groups is 1. The number of hydrogen-bond donors (Lipinski definition) is 1. The first kappa shape index (κ1) is 25.2. The van der Waals surface area contributed by atoms with Crippen molar-refractivity contribution in [3.63, 3.8) is 0 Å². The van der Waals surface area contributed by atoms with E-state index >= 15 is 0 Å². The summed E-state index contributed by atoms with van der Waals surface area (Å²) in [5, 5.41) is 5.86. The Morgan fingerprint density at radius 1 is 1.24 bits per heavy atom.